The average molecular weight is 671 g/mol. The summed E-state index contributed by atoms with van der Waals surface area (Å²) in [5.74, 6) is -1.09. The predicted molar refractivity (Wildman–Crippen MR) is 185 cm³/mol. The molecule has 2 fully saturated rings. The molecule has 2 saturated heterocycles. The number of cyclic esters (lactones) is 1. The molecule has 0 bridgehead atoms. The van der Waals surface area contributed by atoms with Gasteiger partial charge in [0.1, 0.15) is 18.0 Å². The summed E-state index contributed by atoms with van der Waals surface area (Å²) < 4.78 is 27.0. The molecule has 11 heteroatoms. The SMILES string of the molecule is CCC(=O)N1CCC(N(C)c2cc(F)cc(/C=C(\C)[C@H]3OC(=O)C[C@@H](O)CC[C@@H](C)[C@@H](OC(=O)N4CCN(C)CC4)/C=C\[C@@H]3C)c2)CC1. The Kier molecular flexibility index (Phi) is 13.5. The van der Waals surface area contributed by atoms with E-state index in [-0.39, 0.29) is 42.1 Å². The summed E-state index contributed by atoms with van der Waals surface area (Å²) in [7, 11) is 3.99. The Labute approximate surface area is 285 Å². The Morgan fingerprint density at radius 3 is 2.38 bits per heavy atom. The molecule has 0 saturated carbocycles. The lowest BCUT2D eigenvalue weighted by Crippen LogP contribution is -2.48. The first-order valence-electron chi connectivity index (χ1n) is 17.5. The number of anilines is 1. The van der Waals surface area contributed by atoms with Gasteiger partial charge in [-0.3, -0.25) is 9.59 Å². The van der Waals surface area contributed by atoms with Crippen molar-refractivity contribution in [3.8, 4) is 0 Å². The van der Waals surface area contributed by atoms with Crippen molar-refractivity contribution in [1.29, 1.82) is 0 Å². The van der Waals surface area contributed by atoms with Crippen LogP contribution in [-0.4, -0.2) is 115 Å². The van der Waals surface area contributed by atoms with E-state index < -0.39 is 24.3 Å². The first-order chi connectivity index (χ1) is 22.8. The molecule has 3 heterocycles. The number of aliphatic hydroxyl groups excluding tert-OH is 1. The van der Waals surface area contributed by atoms with Gasteiger partial charge < -0.3 is 34.2 Å². The lowest BCUT2D eigenvalue weighted by molar-refractivity contribution is -0.151. The van der Waals surface area contributed by atoms with E-state index in [1.165, 1.54) is 12.1 Å². The van der Waals surface area contributed by atoms with Crippen molar-refractivity contribution >= 4 is 29.7 Å². The van der Waals surface area contributed by atoms with E-state index in [2.05, 4.69) is 9.80 Å². The summed E-state index contributed by atoms with van der Waals surface area (Å²) in [5, 5.41) is 10.7. The summed E-state index contributed by atoms with van der Waals surface area (Å²) in [6, 6.07) is 5.08. The maximum absolute atomic E-state index is 15.0. The van der Waals surface area contributed by atoms with Gasteiger partial charge in [-0.1, -0.05) is 32.9 Å². The molecular weight excluding hydrogens is 615 g/mol. The molecule has 3 aliphatic heterocycles. The molecule has 1 N–H and O–H groups in total. The second-order valence-electron chi connectivity index (χ2n) is 13.9. The number of amides is 2. The van der Waals surface area contributed by atoms with Gasteiger partial charge in [-0.05, 0) is 81.0 Å². The van der Waals surface area contributed by atoms with Crippen LogP contribution in [0.2, 0.25) is 0 Å². The highest BCUT2D eigenvalue weighted by molar-refractivity contribution is 5.76. The van der Waals surface area contributed by atoms with Crippen molar-refractivity contribution in [3.63, 3.8) is 0 Å². The van der Waals surface area contributed by atoms with Crippen LogP contribution in [0.15, 0.2) is 35.9 Å². The number of aliphatic hydroxyl groups is 1. The summed E-state index contributed by atoms with van der Waals surface area (Å²) in [5.41, 5.74) is 2.09. The molecule has 0 aliphatic carbocycles. The van der Waals surface area contributed by atoms with E-state index in [0.29, 0.717) is 51.0 Å². The standard InChI is InChI=1S/C37H55FN4O6/c1-7-34(44)41-14-12-30(13-15-41)40(6)31-22-28(21-29(38)23-31)20-27(4)36-26(3)9-11-33(25(2)8-10-32(43)24-35(45)48-36)47-37(46)42-18-16-39(5)17-19-42/h9,11,20-23,25-26,30,32-33,36,43H,7-8,10,12-19,24H2,1-6H3/b11-9-,27-20+/t25-,26+,32+,33+,36+/m1/s1. The highest BCUT2D eigenvalue weighted by atomic mass is 19.1. The van der Waals surface area contributed by atoms with Crippen LogP contribution in [0.3, 0.4) is 0 Å². The van der Waals surface area contributed by atoms with Crippen molar-refractivity contribution in [2.75, 3.05) is 58.3 Å². The van der Waals surface area contributed by atoms with Gasteiger partial charge in [0.15, 0.2) is 0 Å². The molecular formula is C37H55FN4O6. The number of carbonyl (C=O) groups excluding carboxylic acids is 3. The number of ether oxygens (including phenoxy) is 2. The third-order valence-electron chi connectivity index (χ3n) is 10.1. The van der Waals surface area contributed by atoms with Crippen LogP contribution in [0.5, 0.6) is 0 Å². The number of nitrogens with zero attached hydrogens (tertiary/aromatic N) is 4. The number of hydrogen-bond acceptors (Lipinski definition) is 8. The third-order valence-corrected chi connectivity index (χ3v) is 10.1. The molecule has 0 aromatic heterocycles. The van der Waals surface area contributed by atoms with Crippen molar-refractivity contribution in [1.82, 2.24) is 14.7 Å². The highest BCUT2D eigenvalue weighted by Gasteiger charge is 2.30. The number of rotatable bonds is 6. The van der Waals surface area contributed by atoms with E-state index in [0.717, 1.165) is 37.2 Å². The van der Waals surface area contributed by atoms with Crippen LogP contribution < -0.4 is 4.90 Å². The van der Waals surface area contributed by atoms with Gasteiger partial charge in [0, 0.05) is 70.4 Å². The molecule has 0 radical (unpaired) electrons. The molecule has 266 valence electrons. The predicted octanol–water partition coefficient (Wildman–Crippen LogP) is 5.10. The topological polar surface area (TPSA) is 103 Å². The minimum Gasteiger partial charge on any atom is -0.457 e. The lowest BCUT2D eigenvalue weighted by atomic mass is 9.91. The number of likely N-dealkylation sites (N-methyl/N-ethyl adjacent to an activating group) is 1. The number of halogens is 1. The average Bonchev–Trinajstić information content (AvgIpc) is 3.06. The Balaban J connectivity index is 1.53. The summed E-state index contributed by atoms with van der Waals surface area (Å²) >= 11 is 0. The van der Waals surface area contributed by atoms with Gasteiger partial charge in [0.05, 0.1) is 12.5 Å². The first kappa shape index (κ1) is 37.4. The quantitative estimate of drug-likeness (QED) is 0.330. The monoisotopic (exact) mass is 670 g/mol. The molecule has 1 aromatic rings. The molecule has 10 nitrogen and oxygen atoms in total. The van der Waals surface area contributed by atoms with Crippen molar-refractivity contribution in [2.24, 2.45) is 11.8 Å². The zero-order chi connectivity index (χ0) is 35.0. The summed E-state index contributed by atoms with van der Waals surface area (Å²) in [6.07, 6.45) is 6.11. The number of likely N-dealkylation sites (tertiary alicyclic amines) is 1. The van der Waals surface area contributed by atoms with Gasteiger partial charge in [-0.15, -0.1) is 0 Å². The van der Waals surface area contributed by atoms with Crippen LogP contribution in [0.1, 0.15) is 71.8 Å². The fourth-order valence-electron chi connectivity index (χ4n) is 6.79. The normalized spacial score (nSPS) is 27.8. The largest absolute Gasteiger partial charge is 0.457 e. The zero-order valence-corrected chi connectivity index (χ0v) is 29.6. The number of hydrogen-bond donors (Lipinski definition) is 1. The molecule has 0 unspecified atom stereocenters. The van der Waals surface area contributed by atoms with Crippen LogP contribution in [0.25, 0.3) is 6.08 Å². The Morgan fingerprint density at radius 2 is 1.71 bits per heavy atom. The van der Waals surface area contributed by atoms with E-state index >= 15 is 4.39 Å². The Morgan fingerprint density at radius 1 is 1.02 bits per heavy atom. The zero-order valence-electron chi connectivity index (χ0n) is 29.6. The smallest absolute Gasteiger partial charge is 0.410 e. The van der Waals surface area contributed by atoms with Crippen LogP contribution in [0, 0.1) is 17.7 Å². The van der Waals surface area contributed by atoms with Gasteiger partial charge >= 0.3 is 12.1 Å². The van der Waals surface area contributed by atoms with E-state index in [4.69, 9.17) is 9.47 Å². The molecule has 0 spiro atoms. The number of benzene rings is 1. The molecule has 3 aliphatic rings. The summed E-state index contributed by atoms with van der Waals surface area (Å²) in [6.45, 7) is 11.8. The minimum atomic E-state index is -0.883. The van der Waals surface area contributed by atoms with Crippen molar-refractivity contribution in [3.05, 3.63) is 47.3 Å². The molecule has 4 rings (SSSR count). The number of piperazine rings is 1. The van der Waals surface area contributed by atoms with Crippen LogP contribution in [-0.2, 0) is 19.1 Å². The van der Waals surface area contributed by atoms with Crippen molar-refractivity contribution < 1.29 is 33.4 Å². The highest BCUT2D eigenvalue weighted by Crippen LogP contribution is 2.29. The third kappa shape index (κ3) is 10.3. The van der Waals surface area contributed by atoms with E-state index in [1.807, 2.05) is 71.0 Å². The van der Waals surface area contributed by atoms with Gasteiger partial charge in [-0.25, -0.2) is 9.18 Å². The Bertz CT molecular complexity index is 1320. The minimum absolute atomic E-state index is 0.0767. The second kappa shape index (κ2) is 17.3. The van der Waals surface area contributed by atoms with Gasteiger partial charge in [-0.2, -0.15) is 0 Å². The van der Waals surface area contributed by atoms with Crippen LogP contribution >= 0.6 is 0 Å². The lowest BCUT2D eigenvalue weighted by Gasteiger charge is -2.38. The number of esters is 1. The second-order valence-corrected chi connectivity index (χ2v) is 13.9. The maximum Gasteiger partial charge on any atom is 0.410 e. The van der Waals surface area contributed by atoms with Gasteiger partial charge in [0.2, 0.25) is 5.91 Å². The van der Waals surface area contributed by atoms with E-state index in [1.54, 1.807) is 4.90 Å². The molecule has 48 heavy (non-hydrogen) atoms. The number of carbonyl (C=O) groups is 3. The van der Waals surface area contributed by atoms with Gasteiger partial charge in [0.25, 0.3) is 0 Å². The molecule has 5 atom stereocenters. The fraction of sp³-hybridized carbons (Fsp3) is 0.649. The Hall–Kier alpha value is -3.44. The molecule has 1 aromatic carbocycles. The van der Waals surface area contributed by atoms with Crippen molar-refractivity contribution in [2.45, 2.75) is 90.6 Å². The summed E-state index contributed by atoms with van der Waals surface area (Å²) in [4.78, 5) is 46.1. The fourth-order valence-corrected chi connectivity index (χ4v) is 6.79. The molecule has 2 amide bonds. The van der Waals surface area contributed by atoms with Crippen LogP contribution in [0.4, 0.5) is 14.9 Å². The van der Waals surface area contributed by atoms with E-state index in [9.17, 15) is 19.5 Å². The number of piperidine rings is 1. The maximum atomic E-state index is 15.0. The first-order valence-corrected chi connectivity index (χ1v) is 17.5.